The second kappa shape index (κ2) is 9.81. The van der Waals surface area contributed by atoms with Crippen LogP contribution in [0.1, 0.15) is 11.1 Å². The van der Waals surface area contributed by atoms with E-state index in [1.54, 1.807) is 25.1 Å². The molecule has 0 amide bonds. The van der Waals surface area contributed by atoms with Gasteiger partial charge < -0.3 is 19.4 Å². The van der Waals surface area contributed by atoms with Crippen molar-refractivity contribution in [3.8, 4) is 23.3 Å². The van der Waals surface area contributed by atoms with E-state index < -0.39 is 36.0 Å². The summed E-state index contributed by atoms with van der Waals surface area (Å²) >= 11 is 6.04. The van der Waals surface area contributed by atoms with Crippen molar-refractivity contribution in [1.29, 1.82) is 0 Å². The second-order valence-corrected chi connectivity index (χ2v) is 6.33. The number of nitrogens with zero attached hydrogens (tertiary/aromatic N) is 3. The highest BCUT2D eigenvalue weighted by molar-refractivity contribution is 6.31. The van der Waals surface area contributed by atoms with E-state index in [0.29, 0.717) is 16.8 Å². The highest BCUT2D eigenvalue weighted by Crippen LogP contribution is 2.34. The Bertz CT molecular complexity index is 1140. The number of oxime groups is 1. The van der Waals surface area contributed by atoms with Gasteiger partial charge in [-0.05, 0) is 31.2 Å². The summed E-state index contributed by atoms with van der Waals surface area (Å²) in [7, 11) is 0. The van der Waals surface area contributed by atoms with Crippen LogP contribution in [0.25, 0.3) is 0 Å². The number of ether oxygens (including phenoxy) is 2. The van der Waals surface area contributed by atoms with E-state index >= 15 is 0 Å². The van der Waals surface area contributed by atoms with Crippen molar-refractivity contribution in [2.24, 2.45) is 5.16 Å². The molecule has 3 rings (SSSR count). The van der Waals surface area contributed by atoms with E-state index in [1.165, 1.54) is 12.1 Å². The van der Waals surface area contributed by atoms with Crippen molar-refractivity contribution in [2.75, 3.05) is 0 Å². The summed E-state index contributed by atoms with van der Waals surface area (Å²) in [5, 5.41) is 12.1. The molecule has 31 heavy (non-hydrogen) atoms. The van der Waals surface area contributed by atoms with Crippen LogP contribution in [0.4, 0.5) is 8.78 Å². The Hall–Kier alpha value is -3.79. The Kier molecular flexibility index (Phi) is 6.93. The van der Waals surface area contributed by atoms with Gasteiger partial charge in [0.25, 0.3) is 11.8 Å². The molecule has 0 fully saturated rings. The zero-order valence-electron chi connectivity index (χ0n) is 15.9. The quantitative estimate of drug-likeness (QED) is 0.386. The molecule has 1 aromatic heterocycles. The highest BCUT2D eigenvalue weighted by atomic mass is 35.5. The maximum atomic E-state index is 14.9. The average Bonchev–Trinajstić information content (AvgIpc) is 2.73. The molecular formula is C20H14ClF2N3O5. The molecule has 11 heteroatoms. The number of hydrogen-bond acceptors (Lipinski definition) is 7. The van der Waals surface area contributed by atoms with Crippen LogP contribution in [0.15, 0.2) is 47.9 Å². The van der Waals surface area contributed by atoms with Crippen LogP contribution in [0.3, 0.4) is 0 Å². The van der Waals surface area contributed by atoms with Crippen LogP contribution in [-0.4, -0.2) is 27.3 Å². The van der Waals surface area contributed by atoms with Crippen LogP contribution < -0.4 is 9.47 Å². The Morgan fingerprint density at radius 3 is 2.48 bits per heavy atom. The van der Waals surface area contributed by atoms with Gasteiger partial charge in [0.15, 0.2) is 6.21 Å². The Labute approximate surface area is 179 Å². The number of carboxylic acid groups (broad SMARTS) is 1. The second-order valence-electron chi connectivity index (χ2n) is 5.93. The molecular weight excluding hydrogens is 436 g/mol. The van der Waals surface area contributed by atoms with E-state index in [-0.39, 0.29) is 17.1 Å². The normalized spacial score (nSPS) is 10.8. The average molecular weight is 450 g/mol. The minimum atomic E-state index is -1.34. The van der Waals surface area contributed by atoms with Gasteiger partial charge in [0, 0.05) is 10.6 Å². The fourth-order valence-corrected chi connectivity index (χ4v) is 2.51. The Morgan fingerprint density at radius 1 is 1.13 bits per heavy atom. The van der Waals surface area contributed by atoms with Crippen LogP contribution in [0, 0.1) is 18.6 Å². The first kappa shape index (κ1) is 21.9. The van der Waals surface area contributed by atoms with Gasteiger partial charge in [-0.1, -0.05) is 28.9 Å². The van der Waals surface area contributed by atoms with E-state index in [4.69, 9.17) is 31.0 Å². The number of benzene rings is 2. The molecule has 0 aliphatic rings. The SMILES string of the molecule is Cc1c(Cl)cccc1Oc1ncnc(Oc2cccc(F)c2CON=CC(=O)O)c1F. The van der Waals surface area contributed by atoms with E-state index in [9.17, 15) is 13.6 Å². The van der Waals surface area contributed by atoms with Crippen molar-refractivity contribution in [3.63, 3.8) is 0 Å². The zero-order chi connectivity index (χ0) is 22.4. The molecule has 160 valence electrons. The molecule has 0 saturated carbocycles. The van der Waals surface area contributed by atoms with Gasteiger partial charge in [-0.15, -0.1) is 0 Å². The monoisotopic (exact) mass is 449 g/mol. The number of halogens is 3. The van der Waals surface area contributed by atoms with Crippen LogP contribution in [0.5, 0.6) is 23.3 Å². The highest BCUT2D eigenvalue weighted by Gasteiger charge is 2.19. The molecule has 1 N–H and O–H groups in total. The maximum Gasteiger partial charge on any atom is 0.350 e. The summed E-state index contributed by atoms with van der Waals surface area (Å²) in [6.07, 6.45) is 1.51. The van der Waals surface area contributed by atoms with E-state index in [1.807, 2.05) is 0 Å². The van der Waals surface area contributed by atoms with E-state index in [0.717, 1.165) is 12.4 Å². The molecule has 2 aromatic carbocycles. The first-order valence-electron chi connectivity index (χ1n) is 8.63. The van der Waals surface area contributed by atoms with Gasteiger partial charge in [0.05, 0.1) is 5.56 Å². The van der Waals surface area contributed by atoms with Crippen LogP contribution in [0.2, 0.25) is 5.02 Å². The molecule has 3 aromatic rings. The van der Waals surface area contributed by atoms with Crippen LogP contribution in [-0.2, 0) is 16.2 Å². The van der Waals surface area contributed by atoms with Crippen molar-refractivity contribution in [3.05, 3.63) is 70.5 Å². The fourth-order valence-electron chi connectivity index (χ4n) is 2.35. The molecule has 0 spiro atoms. The Morgan fingerprint density at radius 2 is 1.77 bits per heavy atom. The summed E-state index contributed by atoms with van der Waals surface area (Å²) in [6.45, 7) is 1.23. The number of rotatable bonds is 8. The van der Waals surface area contributed by atoms with Crippen LogP contribution >= 0.6 is 11.6 Å². The smallest absolute Gasteiger partial charge is 0.350 e. The van der Waals surface area contributed by atoms with Gasteiger partial charge in [0.1, 0.15) is 30.3 Å². The lowest BCUT2D eigenvalue weighted by molar-refractivity contribution is -0.129. The topological polar surface area (TPSA) is 103 Å². The summed E-state index contributed by atoms with van der Waals surface area (Å²) in [5.74, 6) is -3.87. The lowest BCUT2D eigenvalue weighted by Gasteiger charge is -2.13. The van der Waals surface area contributed by atoms with Gasteiger partial charge in [-0.2, -0.15) is 14.4 Å². The minimum absolute atomic E-state index is 0.118. The number of aromatic nitrogens is 2. The predicted octanol–water partition coefficient (Wildman–Crippen LogP) is 4.89. The molecule has 8 nitrogen and oxygen atoms in total. The van der Waals surface area contributed by atoms with Gasteiger partial charge in [-0.3, -0.25) is 0 Å². The predicted molar refractivity (Wildman–Crippen MR) is 106 cm³/mol. The Balaban J connectivity index is 1.85. The number of aliphatic carboxylic acids is 1. The summed E-state index contributed by atoms with van der Waals surface area (Å²) in [4.78, 5) is 22.7. The number of carboxylic acids is 1. The third kappa shape index (κ3) is 5.43. The molecule has 0 saturated heterocycles. The molecule has 0 bridgehead atoms. The fraction of sp³-hybridized carbons (Fsp3) is 0.100. The standard InChI is InChI=1S/C20H14ClF2N3O5/c1-11-13(21)4-2-6-15(11)30-19-18(23)20(25-10-24-19)31-16-7-3-5-14(22)12(16)9-29-26-8-17(27)28/h2-8,10H,9H2,1H3,(H,27,28). The first-order valence-corrected chi connectivity index (χ1v) is 9.01. The number of hydrogen-bond donors (Lipinski definition) is 1. The molecule has 0 radical (unpaired) electrons. The van der Waals surface area contributed by atoms with E-state index in [2.05, 4.69) is 15.1 Å². The zero-order valence-corrected chi connectivity index (χ0v) is 16.6. The van der Waals surface area contributed by atoms with Crippen molar-refractivity contribution in [2.45, 2.75) is 13.5 Å². The number of carbonyl (C=O) groups is 1. The summed E-state index contributed by atoms with van der Waals surface area (Å²) < 4.78 is 40.0. The third-order valence-electron chi connectivity index (χ3n) is 3.88. The minimum Gasteiger partial charge on any atom is -0.477 e. The lowest BCUT2D eigenvalue weighted by atomic mass is 10.2. The lowest BCUT2D eigenvalue weighted by Crippen LogP contribution is -2.02. The van der Waals surface area contributed by atoms with Crippen molar-refractivity contribution >= 4 is 23.8 Å². The summed E-state index contributed by atoms with van der Waals surface area (Å²) in [6, 6.07) is 8.68. The van der Waals surface area contributed by atoms with Gasteiger partial charge in [0.2, 0.25) is 5.82 Å². The molecule has 0 aliphatic carbocycles. The summed E-state index contributed by atoms with van der Waals surface area (Å²) in [5.41, 5.74) is 0.451. The first-order chi connectivity index (χ1) is 14.9. The maximum absolute atomic E-state index is 14.9. The third-order valence-corrected chi connectivity index (χ3v) is 4.29. The largest absolute Gasteiger partial charge is 0.477 e. The van der Waals surface area contributed by atoms with Crippen molar-refractivity contribution in [1.82, 2.24) is 9.97 Å². The van der Waals surface area contributed by atoms with Gasteiger partial charge in [-0.25, -0.2) is 9.18 Å². The van der Waals surface area contributed by atoms with Gasteiger partial charge >= 0.3 is 5.97 Å². The molecule has 1 heterocycles. The van der Waals surface area contributed by atoms with Crippen molar-refractivity contribution < 1.29 is 33.0 Å². The molecule has 0 atom stereocenters. The molecule has 0 aliphatic heterocycles. The molecule has 0 unspecified atom stereocenters.